The van der Waals surface area contributed by atoms with Gasteiger partial charge in [-0.05, 0) is 48.4 Å². The highest BCUT2D eigenvalue weighted by Crippen LogP contribution is 2.23. The van der Waals surface area contributed by atoms with E-state index in [4.69, 9.17) is 0 Å². The van der Waals surface area contributed by atoms with Crippen LogP contribution in [0.3, 0.4) is 0 Å². The van der Waals surface area contributed by atoms with Crippen molar-refractivity contribution < 1.29 is 4.79 Å². The third kappa shape index (κ3) is 5.53. The molecule has 7 nitrogen and oxygen atoms in total. The van der Waals surface area contributed by atoms with Crippen LogP contribution in [0.15, 0.2) is 85.3 Å². The van der Waals surface area contributed by atoms with E-state index in [0.717, 1.165) is 55.2 Å². The minimum Gasteiger partial charge on any atom is -0.336 e. The number of aromatic nitrogens is 3. The molecule has 0 aliphatic carbocycles. The molecule has 1 amide bonds. The molecule has 2 aromatic carbocycles. The minimum absolute atomic E-state index is 0.0532. The Kier molecular flexibility index (Phi) is 6.77. The number of rotatable bonds is 6. The highest BCUT2D eigenvalue weighted by atomic mass is 16.2. The predicted molar refractivity (Wildman–Crippen MR) is 137 cm³/mol. The quantitative estimate of drug-likeness (QED) is 0.451. The van der Waals surface area contributed by atoms with Crippen molar-refractivity contribution in [2.24, 2.45) is 0 Å². The van der Waals surface area contributed by atoms with E-state index in [0.29, 0.717) is 11.5 Å². The van der Waals surface area contributed by atoms with Crippen molar-refractivity contribution in [3.8, 4) is 11.3 Å². The van der Waals surface area contributed by atoms with Crippen molar-refractivity contribution in [1.29, 1.82) is 0 Å². The summed E-state index contributed by atoms with van der Waals surface area (Å²) in [6.45, 7) is 6.10. The average Bonchev–Trinajstić information content (AvgIpc) is 2.91. The first-order valence-electron chi connectivity index (χ1n) is 11.8. The smallest absolute Gasteiger partial charge is 0.254 e. The van der Waals surface area contributed by atoms with Gasteiger partial charge in [0, 0.05) is 68.1 Å². The SMILES string of the molecule is Cc1ccc(C(=O)N2CCN(Cc3ccccc3)CC2)cc1Nc1nccc(-c2cccnc2)n1. The summed E-state index contributed by atoms with van der Waals surface area (Å²) in [5, 5.41) is 3.29. The molecule has 176 valence electrons. The highest BCUT2D eigenvalue weighted by Gasteiger charge is 2.22. The highest BCUT2D eigenvalue weighted by molar-refractivity contribution is 5.95. The lowest BCUT2D eigenvalue weighted by atomic mass is 10.1. The molecule has 1 N–H and O–H groups in total. The number of aryl methyl sites for hydroxylation is 1. The largest absolute Gasteiger partial charge is 0.336 e. The maximum atomic E-state index is 13.3. The van der Waals surface area contributed by atoms with E-state index < -0.39 is 0 Å². The molecular formula is C28H28N6O. The van der Waals surface area contributed by atoms with E-state index in [1.54, 1.807) is 18.6 Å². The maximum Gasteiger partial charge on any atom is 0.254 e. The molecule has 1 aliphatic rings. The van der Waals surface area contributed by atoms with Crippen LogP contribution in [-0.2, 0) is 6.54 Å². The Labute approximate surface area is 205 Å². The first kappa shape index (κ1) is 22.7. The lowest BCUT2D eigenvalue weighted by molar-refractivity contribution is 0.0628. The van der Waals surface area contributed by atoms with E-state index in [9.17, 15) is 4.79 Å². The standard InChI is InChI=1S/C28H28N6O/c1-21-9-10-23(27(35)34-16-14-33(15-17-34)20-22-6-3-2-4-7-22)18-26(21)32-28-30-13-11-25(31-28)24-8-5-12-29-19-24/h2-13,18-19H,14-17,20H2,1H3,(H,30,31,32). The van der Waals surface area contributed by atoms with E-state index in [1.165, 1.54) is 5.56 Å². The normalized spacial score (nSPS) is 14.0. The van der Waals surface area contributed by atoms with E-state index in [2.05, 4.69) is 49.4 Å². The molecule has 3 heterocycles. The van der Waals surface area contributed by atoms with Crippen LogP contribution >= 0.6 is 0 Å². The fraction of sp³-hybridized carbons (Fsp3) is 0.214. The van der Waals surface area contributed by atoms with Crippen molar-refractivity contribution in [3.05, 3.63) is 102 Å². The Balaban J connectivity index is 1.25. The van der Waals surface area contributed by atoms with Crippen LogP contribution in [0.1, 0.15) is 21.5 Å². The van der Waals surface area contributed by atoms with Crippen LogP contribution in [0.4, 0.5) is 11.6 Å². The topological polar surface area (TPSA) is 74.2 Å². The zero-order valence-electron chi connectivity index (χ0n) is 19.8. The van der Waals surface area contributed by atoms with Crippen molar-refractivity contribution in [2.75, 3.05) is 31.5 Å². The molecule has 7 heteroatoms. The summed E-state index contributed by atoms with van der Waals surface area (Å²) >= 11 is 0. The monoisotopic (exact) mass is 464 g/mol. The number of nitrogens with zero attached hydrogens (tertiary/aromatic N) is 5. The summed E-state index contributed by atoms with van der Waals surface area (Å²) in [7, 11) is 0. The van der Waals surface area contributed by atoms with E-state index >= 15 is 0 Å². The van der Waals surface area contributed by atoms with Crippen LogP contribution in [0, 0.1) is 6.92 Å². The molecule has 0 atom stereocenters. The number of amides is 1. The maximum absolute atomic E-state index is 13.3. The van der Waals surface area contributed by atoms with Gasteiger partial charge in [-0.25, -0.2) is 9.97 Å². The number of anilines is 2. The molecule has 0 unspecified atom stereocenters. The molecule has 4 aromatic rings. The Hall–Kier alpha value is -4.10. The second kappa shape index (κ2) is 10.4. The number of carbonyl (C=O) groups excluding carboxylic acids is 1. The molecule has 0 radical (unpaired) electrons. The zero-order valence-corrected chi connectivity index (χ0v) is 19.8. The summed E-state index contributed by atoms with van der Waals surface area (Å²) in [6, 6.07) is 21.9. The molecule has 1 fully saturated rings. The lowest BCUT2D eigenvalue weighted by Crippen LogP contribution is -2.48. The minimum atomic E-state index is 0.0532. The van der Waals surface area contributed by atoms with E-state index in [-0.39, 0.29) is 5.91 Å². The summed E-state index contributed by atoms with van der Waals surface area (Å²) in [4.78, 5) is 30.7. The average molecular weight is 465 g/mol. The van der Waals surface area contributed by atoms with Crippen LogP contribution in [-0.4, -0.2) is 56.8 Å². The van der Waals surface area contributed by atoms with Gasteiger partial charge in [-0.15, -0.1) is 0 Å². The second-order valence-electron chi connectivity index (χ2n) is 8.72. The summed E-state index contributed by atoms with van der Waals surface area (Å²) in [6.07, 6.45) is 5.23. The molecule has 0 saturated carbocycles. The number of piperazine rings is 1. The fourth-order valence-corrected chi connectivity index (χ4v) is 4.24. The van der Waals surface area contributed by atoms with Gasteiger partial charge in [-0.3, -0.25) is 14.7 Å². The first-order valence-corrected chi connectivity index (χ1v) is 11.8. The van der Waals surface area contributed by atoms with E-state index in [1.807, 2.05) is 54.3 Å². The van der Waals surface area contributed by atoms with Gasteiger partial charge in [0.25, 0.3) is 5.91 Å². The summed E-state index contributed by atoms with van der Waals surface area (Å²) in [5.74, 6) is 0.533. The molecule has 5 rings (SSSR count). The van der Waals surface area contributed by atoms with Crippen LogP contribution < -0.4 is 5.32 Å². The third-order valence-electron chi connectivity index (χ3n) is 6.25. The van der Waals surface area contributed by atoms with Gasteiger partial charge < -0.3 is 10.2 Å². The van der Waals surface area contributed by atoms with Gasteiger partial charge in [-0.1, -0.05) is 36.4 Å². The van der Waals surface area contributed by atoms with Gasteiger partial charge in [0.1, 0.15) is 0 Å². The number of hydrogen-bond donors (Lipinski definition) is 1. The molecule has 2 aromatic heterocycles. The number of pyridine rings is 1. The molecule has 35 heavy (non-hydrogen) atoms. The zero-order chi connectivity index (χ0) is 24.0. The van der Waals surface area contributed by atoms with Gasteiger partial charge in [0.15, 0.2) is 0 Å². The molecule has 0 spiro atoms. The number of benzene rings is 2. The molecule has 1 aliphatic heterocycles. The van der Waals surface area contributed by atoms with Gasteiger partial charge in [0.2, 0.25) is 5.95 Å². The van der Waals surface area contributed by atoms with Crippen LogP contribution in [0.5, 0.6) is 0 Å². The van der Waals surface area contributed by atoms with Gasteiger partial charge in [0.05, 0.1) is 5.69 Å². The Morgan fingerprint density at radius 2 is 1.77 bits per heavy atom. The van der Waals surface area contributed by atoms with Gasteiger partial charge in [-0.2, -0.15) is 0 Å². The molecule has 0 bridgehead atoms. The number of nitrogens with one attached hydrogen (secondary N) is 1. The Morgan fingerprint density at radius 3 is 2.54 bits per heavy atom. The van der Waals surface area contributed by atoms with Crippen LogP contribution in [0.2, 0.25) is 0 Å². The Bertz CT molecular complexity index is 1290. The summed E-state index contributed by atoms with van der Waals surface area (Å²) in [5.41, 5.74) is 5.51. The van der Waals surface area contributed by atoms with Crippen molar-refractivity contribution in [1.82, 2.24) is 24.8 Å². The molecule has 1 saturated heterocycles. The van der Waals surface area contributed by atoms with Crippen molar-refractivity contribution in [3.63, 3.8) is 0 Å². The second-order valence-corrected chi connectivity index (χ2v) is 8.72. The fourth-order valence-electron chi connectivity index (χ4n) is 4.24. The number of carbonyl (C=O) groups is 1. The van der Waals surface area contributed by atoms with Gasteiger partial charge >= 0.3 is 0 Å². The third-order valence-corrected chi connectivity index (χ3v) is 6.25. The number of hydrogen-bond acceptors (Lipinski definition) is 6. The summed E-state index contributed by atoms with van der Waals surface area (Å²) < 4.78 is 0. The van der Waals surface area contributed by atoms with Crippen LogP contribution in [0.25, 0.3) is 11.3 Å². The predicted octanol–water partition coefficient (Wildman–Crippen LogP) is 4.55. The first-order chi connectivity index (χ1) is 17.2. The Morgan fingerprint density at radius 1 is 0.943 bits per heavy atom. The van der Waals surface area contributed by atoms with Crippen molar-refractivity contribution in [2.45, 2.75) is 13.5 Å². The molecular weight excluding hydrogens is 436 g/mol. The van der Waals surface area contributed by atoms with Crippen molar-refractivity contribution >= 4 is 17.5 Å². The lowest BCUT2D eigenvalue weighted by Gasteiger charge is -2.35.